The van der Waals surface area contributed by atoms with Crippen molar-refractivity contribution in [3.8, 4) is 0 Å². The number of nitrogens with one attached hydrogen (secondary N) is 1. The van der Waals surface area contributed by atoms with Gasteiger partial charge in [-0.3, -0.25) is 14.4 Å². The summed E-state index contributed by atoms with van der Waals surface area (Å²) in [5, 5.41) is 11.8. The normalized spacial score (nSPS) is 13.0. The predicted molar refractivity (Wildman–Crippen MR) is 169 cm³/mol. The number of carbonyl (C=O) groups excluding carboxylic acids is 3. The van der Waals surface area contributed by atoms with E-state index in [-0.39, 0.29) is 25.3 Å². The first-order chi connectivity index (χ1) is 19.8. The Hall–Kier alpha value is -2.32. The lowest BCUT2D eigenvalue weighted by atomic mass is 9.99. The molecule has 0 aromatic heterocycles. The highest BCUT2D eigenvalue weighted by molar-refractivity contribution is 5.91. The summed E-state index contributed by atoms with van der Waals surface area (Å²) in [6.07, 6.45) is 18.5. The minimum absolute atomic E-state index is 0.0769. The maximum Gasteiger partial charge on any atom is 0.408 e. The largest absolute Gasteiger partial charge is 0.481 e. The number of rotatable bonds is 25. The van der Waals surface area contributed by atoms with Crippen LogP contribution in [0.2, 0.25) is 0 Å². The number of aliphatic carboxylic acids is 1. The fourth-order valence-corrected chi connectivity index (χ4v) is 5.09. The van der Waals surface area contributed by atoms with Crippen molar-refractivity contribution in [1.29, 1.82) is 0 Å². The Morgan fingerprint density at radius 3 is 1.57 bits per heavy atom. The first-order valence-corrected chi connectivity index (χ1v) is 16.6. The van der Waals surface area contributed by atoms with Gasteiger partial charge in [-0.25, -0.2) is 4.79 Å². The number of nitrogens with zero attached hydrogens (tertiary/aromatic N) is 1. The number of alkyl carbamates (subject to hydrolysis) is 1. The molecule has 3 amide bonds. The molecule has 9 nitrogen and oxygen atoms in total. The van der Waals surface area contributed by atoms with Crippen molar-refractivity contribution < 1.29 is 29.0 Å². The Balaban J connectivity index is 4.78. The number of carboxylic acids is 1. The molecule has 0 spiro atoms. The maximum atomic E-state index is 13.7. The van der Waals surface area contributed by atoms with Gasteiger partial charge in [-0.15, -0.1) is 0 Å². The summed E-state index contributed by atoms with van der Waals surface area (Å²) in [7, 11) is 0. The average molecular weight is 598 g/mol. The van der Waals surface area contributed by atoms with Crippen LogP contribution in [0.4, 0.5) is 4.79 Å². The van der Waals surface area contributed by atoms with Gasteiger partial charge in [0.2, 0.25) is 11.8 Å². The molecule has 0 fully saturated rings. The van der Waals surface area contributed by atoms with Crippen molar-refractivity contribution in [2.45, 2.75) is 175 Å². The van der Waals surface area contributed by atoms with Crippen LogP contribution < -0.4 is 11.1 Å². The lowest BCUT2D eigenvalue weighted by Gasteiger charge is -2.34. The fraction of sp³-hybridized carbons (Fsp3) is 0.879. The van der Waals surface area contributed by atoms with Crippen LogP contribution in [0.3, 0.4) is 0 Å². The molecule has 2 atom stereocenters. The number of carboxylic acid groups (broad SMARTS) is 1. The molecule has 0 aliphatic carbocycles. The van der Waals surface area contributed by atoms with Crippen LogP contribution in [-0.4, -0.2) is 58.1 Å². The van der Waals surface area contributed by atoms with Crippen LogP contribution in [0.5, 0.6) is 0 Å². The average Bonchev–Trinajstić information content (AvgIpc) is 2.88. The molecule has 0 unspecified atom stereocenters. The topological polar surface area (TPSA) is 139 Å². The molecule has 4 N–H and O–H groups in total. The molecule has 0 heterocycles. The molecule has 0 aliphatic heterocycles. The zero-order valence-corrected chi connectivity index (χ0v) is 27.7. The zero-order valence-electron chi connectivity index (χ0n) is 27.7. The Labute approximate surface area is 256 Å². The summed E-state index contributed by atoms with van der Waals surface area (Å²) in [6.45, 7) is 11.3. The van der Waals surface area contributed by atoms with Crippen molar-refractivity contribution in [2.75, 3.05) is 6.54 Å². The van der Waals surface area contributed by atoms with E-state index in [0.29, 0.717) is 6.42 Å². The van der Waals surface area contributed by atoms with Gasteiger partial charge in [0.05, 0.1) is 0 Å². The third kappa shape index (κ3) is 20.5. The number of primary amides is 1. The van der Waals surface area contributed by atoms with Crippen molar-refractivity contribution in [3.63, 3.8) is 0 Å². The number of hydrogen-bond donors (Lipinski definition) is 3. The van der Waals surface area contributed by atoms with Gasteiger partial charge in [0.15, 0.2) is 0 Å². The van der Waals surface area contributed by atoms with Crippen molar-refractivity contribution in [2.24, 2.45) is 11.7 Å². The van der Waals surface area contributed by atoms with Gasteiger partial charge in [-0.1, -0.05) is 117 Å². The molecule has 0 saturated heterocycles. The van der Waals surface area contributed by atoms with E-state index in [1.165, 1.54) is 81.9 Å². The molecule has 0 aromatic rings. The van der Waals surface area contributed by atoms with E-state index in [0.717, 1.165) is 19.3 Å². The molecule has 9 heteroatoms. The maximum absolute atomic E-state index is 13.7. The summed E-state index contributed by atoms with van der Waals surface area (Å²) in [5.41, 5.74) is 4.91. The molecule has 42 heavy (non-hydrogen) atoms. The standard InChI is InChI=1S/C33H63N3O6/c1-7-8-9-10-11-12-13-14-15-16-17-18-19-20-21-22-25-36(27(30(34)39)23-24-28(37)38)31(40)29(26(2)3)35-32(41)42-33(4,5)6/h26-27,29H,7-25H2,1-6H3,(H2,34,39)(H,35,41)(H,37,38)/t27-,29+/m1/s1. The second-order valence-corrected chi connectivity index (χ2v) is 13.1. The van der Waals surface area contributed by atoms with Crippen molar-refractivity contribution in [3.05, 3.63) is 0 Å². The SMILES string of the molecule is CCCCCCCCCCCCCCCCCCN(C(=O)[C@@H](NC(=O)OC(C)(C)C)C(C)C)[C@H](CCC(=O)O)C(N)=O. The molecule has 0 radical (unpaired) electrons. The van der Waals surface area contributed by atoms with E-state index in [4.69, 9.17) is 10.5 Å². The van der Waals surface area contributed by atoms with Gasteiger partial charge in [0.25, 0.3) is 0 Å². The van der Waals surface area contributed by atoms with Crippen molar-refractivity contribution >= 4 is 23.9 Å². The lowest BCUT2D eigenvalue weighted by molar-refractivity contribution is -0.144. The van der Waals surface area contributed by atoms with Gasteiger partial charge < -0.3 is 25.8 Å². The summed E-state index contributed by atoms with van der Waals surface area (Å²) in [4.78, 5) is 51.1. The van der Waals surface area contributed by atoms with Crippen LogP contribution in [-0.2, 0) is 19.1 Å². The van der Waals surface area contributed by atoms with Crippen LogP contribution >= 0.6 is 0 Å². The van der Waals surface area contributed by atoms with Crippen LogP contribution in [0.1, 0.15) is 157 Å². The van der Waals surface area contributed by atoms with E-state index >= 15 is 0 Å². The van der Waals surface area contributed by atoms with Gasteiger partial charge in [-0.2, -0.15) is 0 Å². The molecule has 0 rings (SSSR count). The quantitative estimate of drug-likeness (QED) is 0.0941. The number of ether oxygens (including phenoxy) is 1. The van der Waals surface area contributed by atoms with Crippen LogP contribution in [0, 0.1) is 5.92 Å². The molecule has 0 aliphatic rings. The van der Waals surface area contributed by atoms with Gasteiger partial charge >= 0.3 is 12.1 Å². The highest BCUT2D eigenvalue weighted by Crippen LogP contribution is 2.18. The number of hydrogen-bond acceptors (Lipinski definition) is 5. The molecular formula is C33H63N3O6. The third-order valence-corrected chi connectivity index (χ3v) is 7.48. The molecule has 246 valence electrons. The molecular weight excluding hydrogens is 534 g/mol. The van der Waals surface area contributed by atoms with Crippen molar-refractivity contribution in [1.82, 2.24) is 10.2 Å². The minimum Gasteiger partial charge on any atom is -0.481 e. The second kappa shape index (κ2) is 23.2. The van der Waals surface area contributed by atoms with E-state index < -0.39 is 41.6 Å². The highest BCUT2D eigenvalue weighted by atomic mass is 16.6. The Bertz CT molecular complexity index is 765. The third-order valence-electron chi connectivity index (χ3n) is 7.48. The Kier molecular flexibility index (Phi) is 21.9. The Morgan fingerprint density at radius 1 is 0.786 bits per heavy atom. The van der Waals surface area contributed by atoms with Gasteiger partial charge in [0.1, 0.15) is 17.7 Å². The van der Waals surface area contributed by atoms with Crippen LogP contribution in [0.25, 0.3) is 0 Å². The number of unbranched alkanes of at least 4 members (excludes halogenated alkanes) is 15. The summed E-state index contributed by atoms with van der Waals surface area (Å²) in [6, 6.07) is -2.00. The molecule has 0 aromatic carbocycles. The molecule has 0 bridgehead atoms. The smallest absolute Gasteiger partial charge is 0.408 e. The molecule has 0 saturated carbocycles. The second-order valence-electron chi connectivity index (χ2n) is 13.1. The lowest BCUT2D eigenvalue weighted by Crippen LogP contribution is -2.57. The number of nitrogens with two attached hydrogens (primary N) is 1. The van der Waals surface area contributed by atoms with E-state index in [1.807, 2.05) is 0 Å². The summed E-state index contributed by atoms with van der Waals surface area (Å²) >= 11 is 0. The highest BCUT2D eigenvalue weighted by Gasteiger charge is 2.35. The fourth-order valence-electron chi connectivity index (χ4n) is 5.09. The monoisotopic (exact) mass is 597 g/mol. The van der Waals surface area contributed by atoms with Crippen LogP contribution in [0.15, 0.2) is 0 Å². The zero-order chi connectivity index (χ0) is 32.0. The summed E-state index contributed by atoms with van der Waals surface area (Å²) < 4.78 is 5.34. The van der Waals surface area contributed by atoms with E-state index in [1.54, 1.807) is 34.6 Å². The van der Waals surface area contributed by atoms with E-state index in [2.05, 4.69) is 12.2 Å². The number of carbonyl (C=O) groups is 4. The first kappa shape index (κ1) is 39.7. The van der Waals surface area contributed by atoms with Gasteiger partial charge in [-0.05, 0) is 39.5 Å². The Morgan fingerprint density at radius 2 is 1.21 bits per heavy atom. The summed E-state index contributed by atoms with van der Waals surface area (Å²) in [5.74, 6) is -2.55. The van der Waals surface area contributed by atoms with Gasteiger partial charge in [0, 0.05) is 13.0 Å². The predicted octanol–water partition coefficient (Wildman–Crippen LogP) is 7.34. The first-order valence-electron chi connectivity index (χ1n) is 16.6. The van der Waals surface area contributed by atoms with E-state index in [9.17, 15) is 24.3 Å². The number of amides is 3. The minimum atomic E-state index is -1.07.